The lowest BCUT2D eigenvalue weighted by atomic mass is 9.67. The van der Waals surface area contributed by atoms with Crippen molar-refractivity contribution in [3.8, 4) is 33.4 Å². The predicted molar refractivity (Wildman–Crippen MR) is 244 cm³/mol. The largest absolute Gasteiger partial charge is 0.310 e. The van der Waals surface area contributed by atoms with Crippen LogP contribution in [0.5, 0.6) is 0 Å². The first-order chi connectivity index (χ1) is 28.8. The molecule has 0 aliphatic heterocycles. The third-order valence-corrected chi connectivity index (χ3v) is 12.1. The molecule has 272 valence electrons. The van der Waals surface area contributed by atoms with Crippen LogP contribution in [0, 0.1) is 0 Å². The van der Waals surface area contributed by atoms with Gasteiger partial charge in [-0.3, -0.25) is 0 Å². The van der Waals surface area contributed by atoms with Gasteiger partial charge in [0, 0.05) is 17.1 Å². The smallest absolute Gasteiger partial charge is 0.0713 e. The Morgan fingerprint density at radius 3 is 1.55 bits per heavy atom. The monoisotopic (exact) mass is 737 g/mol. The fourth-order valence-corrected chi connectivity index (χ4v) is 9.57. The van der Waals surface area contributed by atoms with E-state index in [1.54, 1.807) is 0 Å². The Kier molecular flexibility index (Phi) is 8.12. The van der Waals surface area contributed by atoms with Crippen LogP contribution in [0.25, 0.3) is 54.9 Å². The Morgan fingerprint density at radius 1 is 0.276 bits per heavy atom. The van der Waals surface area contributed by atoms with Crippen molar-refractivity contribution in [2.75, 3.05) is 4.90 Å². The number of hydrogen-bond acceptors (Lipinski definition) is 1. The molecule has 1 aliphatic rings. The molecule has 11 rings (SSSR count). The van der Waals surface area contributed by atoms with Crippen LogP contribution in [-0.2, 0) is 5.41 Å². The van der Waals surface area contributed by atoms with Crippen LogP contribution in [0.1, 0.15) is 22.3 Å². The molecule has 0 N–H and O–H groups in total. The zero-order valence-corrected chi connectivity index (χ0v) is 32.0. The Labute approximate surface area is 339 Å². The summed E-state index contributed by atoms with van der Waals surface area (Å²) in [5.41, 5.74) is 15.5. The highest BCUT2D eigenvalue weighted by Crippen LogP contribution is 2.57. The molecular weight excluding hydrogens is 699 g/mol. The first-order valence-electron chi connectivity index (χ1n) is 20.1. The van der Waals surface area contributed by atoms with Crippen molar-refractivity contribution in [2.24, 2.45) is 0 Å². The zero-order chi connectivity index (χ0) is 38.5. The summed E-state index contributed by atoms with van der Waals surface area (Å²) in [6, 6.07) is 86.7. The molecule has 0 aromatic heterocycles. The summed E-state index contributed by atoms with van der Waals surface area (Å²) in [4.78, 5) is 2.37. The summed E-state index contributed by atoms with van der Waals surface area (Å²) >= 11 is 0. The minimum atomic E-state index is -0.458. The maximum Gasteiger partial charge on any atom is 0.0713 e. The molecule has 0 atom stereocenters. The molecule has 58 heavy (non-hydrogen) atoms. The van der Waals surface area contributed by atoms with Crippen LogP contribution in [0.4, 0.5) is 17.1 Å². The van der Waals surface area contributed by atoms with Gasteiger partial charge in [0.05, 0.1) is 5.41 Å². The summed E-state index contributed by atoms with van der Waals surface area (Å²) < 4.78 is 0. The van der Waals surface area contributed by atoms with Gasteiger partial charge in [-0.2, -0.15) is 0 Å². The average molecular weight is 738 g/mol. The summed E-state index contributed by atoms with van der Waals surface area (Å²) in [7, 11) is 0. The second kappa shape index (κ2) is 13.9. The first kappa shape index (κ1) is 33.8. The molecule has 0 spiro atoms. The summed E-state index contributed by atoms with van der Waals surface area (Å²) in [5, 5.41) is 4.99. The van der Waals surface area contributed by atoms with Crippen molar-refractivity contribution in [1.29, 1.82) is 0 Å². The normalized spacial score (nSPS) is 12.6. The fourth-order valence-electron chi connectivity index (χ4n) is 9.57. The van der Waals surface area contributed by atoms with Crippen molar-refractivity contribution in [3.05, 3.63) is 259 Å². The number of hydrogen-bond donors (Lipinski definition) is 0. The van der Waals surface area contributed by atoms with Crippen LogP contribution < -0.4 is 4.90 Å². The quantitative estimate of drug-likeness (QED) is 0.157. The Morgan fingerprint density at radius 2 is 0.810 bits per heavy atom. The van der Waals surface area contributed by atoms with Gasteiger partial charge in [0.2, 0.25) is 0 Å². The van der Waals surface area contributed by atoms with E-state index in [1.165, 1.54) is 77.2 Å². The van der Waals surface area contributed by atoms with Crippen LogP contribution in [-0.4, -0.2) is 0 Å². The number of rotatable bonds is 7. The van der Waals surface area contributed by atoms with Crippen molar-refractivity contribution in [2.45, 2.75) is 5.41 Å². The lowest BCUT2D eigenvalue weighted by Crippen LogP contribution is -2.28. The molecule has 0 saturated heterocycles. The van der Waals surface area contributed by atoms with Gasteiger partial charge in [0.15, 0.2) is 0 Å². The maximum atomic E-state index is 2.49. The van der Waals surface area contributed by atoms with Gasteiger partial charge in [-0.1, -0.05) is 188 Å². The van der Waals surface area contributed by atoms with Gasteiger partial charge in [-0.25, -0.2) is 0 Å². The van der Waals surface area contributed by atoms with Gasteiger partial charge in [-0.05, 0) is 126 Å². The average Bonchev–Trinajstić information content (AvgIpc) is 3.59. The number of para-hydroxylation sites is 1. The standard InChI is InChI=1S/C57H39N/c1-4-21-44(22-5-1)57(45-23-6-2-7-24-45)55-32-13-12-29-52(55)54-38-43-20-16-31-51(53(43)39-56(54)57)42-19-14-27-48(37-42)58(46-25-8-3-9-26-46)47-35-33-41(34-36-47)50-30-15-18-40-17-10-11-28-49(40)50/h1-39H. The third-order valence-electron chi connectivity index (χ3n) is 12.1. The maximum absolute atomic E-state index is 2.49. The molecule has 1 heteroatoms. The molecule has 0 bridgehead atoms. The fraction of sp³-hybridized carbons (Fsp3) is 0.0175. The van der Waals surface area contributed by atoms with Gasteiger partial charge < -0.3 is 4.90 Å². The van der Waals surface area contributed by atoms with Crippen LogP contribution in [0.15, 0.2) is 237 Å². The van der Waals surface area contributed by atoms with Crippen molar-refractivity contribution >= 4 is 38.6 Å². The predicted octanol–water partition coefficient (Wildman–Crippen LogP) is 15.2. The lowest BCUT2D eigenvalue weighted by Gasteiger charge is -2.34. The van der Waals surface area contributed by atoms with Crippen LogP contribution >= 0.6 is 0 Å². The number of benzene rings is 10. The Bertz CT molecular complexity index is 3050. The molecule has 0 fully saturated rings. The highest BCUT2D eigenvalue weighted by atomic mass is 15.1. The molecule has 10 aromatic carbocycles. The van der Waals surface area contributed by atoms with E-state index in [0.29, 0.717) is 0 Å². The lowest BCUT2D eigenvalue weighted by molar-refractivity contribution is 0.769. The van der Waals surface area contributed by atoms with E-state index in [9.17, 15) is 0 Å². The zero-order valence-electron chi connectivity index (χ0n) is 32.0. The molecule has 0 unspecified atom stereocenters. The second-order valence-corrected chi connectivity index (χ2v) is 15.2. The molecule has 10 aromatic rings. The summed E-state index contributed by atoms with van der Waals surface area (Å²) in [6.07, 6.45) is 0. The van der Waals surface area contributed by atoms with Gasteiger partial charge in [0.1, 0.15) is 0 Å². The number of anilines is 3. The van der Waals surface area contributed by atoms with E-state index in [0.717, 1.165) is 17.1 Å². The minimum absolute atomic E-state index is 0.458. The van der Waals surface area contributed by atoms with Gasteiger partial charge in [-0.15, -0.1) is 0 Å². The third kappa shape index (κ3) is 5.39. The molecule has 0 amide bonds. The Hall–Kier alpha value is -7.48. The summed E-state index contributed by atoms with van der Waals surface area (Å²) in [6.45, 7) is 0. The van der Waals surface area contributed by atoms with E-state index in [1.807, 2.05) is 0 Å². The van der Waals surface area contributed by atoms with Crippen molar-refractivity contribution in [1.82, 2.24) is 0 Å². The van der Waals surface area contributed by atoms with E-state index in [4.69, 9.17) is 0 Å². The molecule has 0 saturated carbocycles. The van der Waals surface area contributed by atoms with Crippen molar-refractivity contribution < 1.29 is 0 Å². The van der Waals surface area contributed by atoms with Gasteiger partial charge >= 0.3 is 0 Å². The molecular formula is C57H39N. The molecule has 0 radical (unpaired) electrons. The molecule has 0 heterocycles. The number of fused-ring (bicyclic) bond motifs is 5. The van der Waals surface area contributed by atoms with Crippen molar-refractivity contribution in [3.63, 3.8) is 0 Å². The van der Waals surface area contributed by atoms with E-state index in [-0.39, 0.29) is 0 Å². The first-order valence-corrected chi connectivity index (χ1v) is 20.1. The van der Waals surface area contributed by atoms with Crippen LogP contribution in [0.2, 0.25) is 0 Å². The SMILES string of the molecule is c1ccc(N(c2ccc(-c3cccc4ccccc34)cc2)c2cccc(-c3cccc4cc5c(cc34)C(c3ccccc3)(c3ccccc3)c3ccccc3-5)c2)cc1. The molecule has 1 aliphatic carbocycles. The minimum Gasteiger partial charge on any atom is -0.310 e. The molecule has 1 nitrogen and oxygen atoms in total. The van der Waals surface area contributed by atoms with E-state index >= 15 is 0 Å². The number of nitrogens with zero attached hydrogens (tertiary/aromatic N) is 1. The topological polar surface area (TPSA) is 3.24 Å². The highest BCUT2D eigenvalue weighted by Gasteiger charge is 2.46. The Balaban J connectivity index is 1.07. The van der Waals surface area contributed by atoms with Crippen LogP contribution in [0.3, 0.4) is 0 Å². The van der Waals surface area contributed by atoms with E-state index < -0.39 is 5.41 Å². The highest BCUT2D eigenvalue weighted by molar-refractivity contribution is 6.03. The summed E-state index contributed by atoms with van der Waals surface area (Å²) in [5.74, 6) is 0. The van der Waals surface area contributed by atoms with E-state index in [2.05, 4.69) is 241 Å². The van der Waals surface area contributed by atoms with Gasteiger partial charge in [0.25, 0.3) is 0 Å². The second-order valence-electron chi connectivity index (χ2n) is 15.2.